The first-order valence-corrected chi connectivity index (χ1v) is 14.1. The van der Waals surface area contributed by atoms with Crippen LogP contribution in [0.1, 0.15) is 39.6 Å². The molecule has 0 aliphatic heterocycles. The van der Waals surface area contributed by atoms with Crippen molar-refractivity contribution in [3.8, 4) is 0 Å². The van der Waals surface area contributed by atoms with Crippen molar-refractivity contribution in [2.45, 2.75) is 28.5 Å². The second-order valence-electron chi connectivity index (χ2n) is 7.24. The van der Waals surface area contributed by atoms with Gasteiger partial charge >= 0.3 is 129 Å². The van der Waals surface area contributed by atoms with E-state index < -0.39 is 16.8 Å². The van der Waals surface area contributed by atoms with Crippen molar-refractivity contribution in [2.75, 3.05) is 0 Å². The summed E-state index contributed by atoms with van der Waals surface area (Å²) in [7, 11) is 0. The molecule has 0 spiro atoms. The van der Waals surface area contributed by atoms with Gasteiger partial charge in [-0.3, -0.25) is 0 Å². The van der Waals surface area contributed by atoms with E-state index in [0.717, 1.165) is 5.56 Å². The maximum atomic E-state index is 12.4. The maximum absolute atomic E-state index is 12.4. The molecule has 3 rings (SSSR count). The Bertz CT molecular complexity index is 856. The fraction of sp³-hybridized carbons (Fsp3) is 0.208. The van der Waals surface area contributed by atoms with Crippen LogP contribution in [0.3, 0.4) is 0 Å². The summed E-state index contributed by atoms with van der Waals surface area (Å²) in [4.78, 5) is 12.4. The average molecular weight is 427 g/mol. The Morgan fingerprint density at radius 2 is 1.68 bits per heavy atom. The molecular weight excluding hydrogens is 394 g/mol. The minimum Gasteiger partial charge on any atom is -0.0149 e. The summed E-state index contributed by atoms with van der Waals surface area (Å²) in [6, 6.07) is 17.9. The van der Waals surface area contributed by atoms with Gasteiger partial charge < -0.3 is 0 Å². The van der Waals surface area contributed by atoms with Gasteiger partial charge in [0.05, 0.1) is 0 Å². The van der Waals surface area contributed by atoms with Gasteiger partial charge in [0, 0.05) is 0 Å². The Hall–Kier alpha value is -1.94. The van der Waals surface area contributed by atoms with Gasteiger partial charge in [0.2, 0.25) is 0 Å². The van der Waals surface area contributed by atoms with Crippen LogP contribution in [0.4, 0.5) is 0 Å². The molecule has 1 aliphatic rings. The third kappa shape index (κ3) is 6.30. The Balaban J connectivity index is 0.000000492. The molecule has 148 valence electrons. The van der Waals surface area contributed by atoms with Crippen molar-refractivity contribution >= 4 is 22.9 Å². The Morgan fingerprint density at radius 3 is 2.25 bits per heavy atom. The van der Waals surface area contributed by atoms with Crippen LogP contribution >= 0.6 is 0 Å². The minimum absolute atomic E-state index is 0. The third-order valence-electron chi connectivity index (χ3n) is 4.83. The molecule has 0 saturated heterocycles. The molecule has 28 heavy (non-hydrogen) atoms. The summed E-state index contributed by atoms with van der Waals surface area (Å²) < 4.78 is 3.74. The summed E-state index contributed by atoms with van der Waals surface area (Å²) in [5.74, 6) is 0.0541. The summed E-state index contributed by atoms with van der Waals surface area (Å²) in [5.41, 5.74) is 4.62. The van der Waals surface area contributed by atoms with Gasteiger partial charge in [0.15, 0.2) is 0 Å². The van der Waals surface area contributed by atoms with Gasteiger partial charge in [0.25, 0.3) is 0 Å². The van der Waals surface area contributed by atoms with Gasteiger partial charge in [-0.05, 0) is 24.8 Å². The van der Waals surface area contributed by atoms with E-state index in [-0.39, 0.29) is 16.9 Å². The SMILES string of the molecule is C=CC(C)=CC.[CH3][Ti]([CH3])([NH]C(=O)c1ccccc1)[CH]1C=Cc2ccccc21.[SiH4]. The van der Waals surface area contributed by atoms with Crippen molar-refractivity contribution in [3.05, 3.63) is 102 Å². The van der Waals surface area contributed by atoms with Crippen LogP contribution < -0.4 is 3.80 Å². The second-order valence-corrected chi connectivity index (χ2v) is 14.0. The summed E-state index contributed by atoms with van der Waals surface area (Å²) >= 11 is -2.52. The number of amides is 1. The number of allylic oxidation sites excluding steroid dienone is 4. The predicted octanol–water partition coefficient (Wildman–Crippen LogP) is 5.04. The molecule has 0 fully saturated rings. The van der Waals surface area contributed by atoms with E-state index in [2.05, 4.69) is 57.3 Å². The van der Waals surface area contributed by atoms with Crippen LogP contribution in [0.5, 0.6) is 0 Å². The summed E-state index contributed by atoms with van der Waals surface area (Å²) in [6.45, 7) is 7.58. The number of hydrogen-bond donors (Lipinski definition) is 1. The molecule has 0 bridgehead atoms. The molecule has 4 heteroatoms. The number of fused-ring (bicyclic) bond motifs is 1. The molecule has 1 amide bonds. The predicted molar refractivity (Wildman–Crippen MR) is 125 cm³/mol. The molecule has 2 aromatic carbocycles. The van der Waals surface area contributed by atoms with Crippen molar-refractivity contribution < 1.29 is 21.6 Å². The van der Waals surface area contributed by atoms with E-state index in [9.17, 15) is 4.79 Å². The van der Waals surface area contributed by atoms with Gasteiger partial charge in [-0.25, -0.2) is 0 Å². The first-order chi connectivity index (χ1) is 12.9. The number of rotatable bonds is 4. The molecule has 1 aliphatic carbocycles. The fourth-order valence-electron chi connectivity index (χ4n) is 3.03. The van der Waals surface area contributed by atoms with Crippen molar-refractivity contribution in [1.29, 1.82) is 0 Å². The normalized spacial score (nSPS) is 14.9. The molecule has 0 radical (unpaired) electrons. The molecule has 0 saturated carbocycles. The summed E-state index contributed by atoms with van der Waals surface area (Å²) in [5, 5.41) is 4.52. The van der Waals surface area contributed by atoms with Crippen LogP contribution in [0.15, 0.2) is 85.0 Å². The monoisotopic (exact) mass is 427 g/mol. The maximum Gasteiger partial charge on any atom is -0.0149 e. The zero-order valence-corrected chi connectivity index (χ0v) is 18.3. The van der Waals surface area contributed by atoms with E-state index in [1.807, 2.05) is 56.3 Å². The zero-order valence-electron chi connectivity index (χ0n) is 16.7. The molecular formula is C24H33NOSiTi. The van der Waals surface area contributed by atoms with E-state index >= 15 is 0 Å². The van der Waals surface area contributed by atoms with E-state index in [4.69, 9.17) is 0 Å². The molecule has 2 aromatic rings. The second kappa shape index (κ2) is 11.2. The number of carbonyl (C=O) groups excluding carboxylic acids is 1. The van der Waals surface area contributed by atoms with E-state index in [1.54, 1.807) is 0 Å². The van der Waals surface area contributed by atoms with Gasteiger partial charge in [-0.1, -0.05) is 24.3 Å². The standard InChI is InChI=1S/C9H7.C7H7NO.C6H10.2CH3.H4Si.Ti/c1-2-5-9-7-3-6-8(9)4-1;8-7(9)6-4-2-1-3-5-6;1-4-6(3)5-2;;;;/h1-7H;1-5H,(H2,8,9);4-5H,1H2,2-3H3;2*1H3;1H4;/q;;;;;;+1/p-1. The number of benzene rings is 2. The number of hydrogen-bond acceptors (Lipinski definition) is 1. The largest absolute Gasteiger partial charge is 0.0149 e. The van der Waals surface area contributed by atoms with Crippen LogP contribution in [0, 0.1) is 0 Å². The Morgan fingerprint density at radius 1 is 1.07 bits per heavy atom. The Labute approximate surface area is 178 Å². The van der Waals surface area contributed by atoms with Crippen LogP contribution in [0.2, 0.25) is 10.5 Å². The first-order valence-electron chi connectivity index (χ1n) is 9.29. The molecule has 0 heterocycles. The van der Waals surface area contributed by atoms with Gasteiger partial charge in [0.1, 0.15) is 0 Å². The smallest absolute Gasteiger partial charge is 0.0149 e. The molecule has 0 aromatic heterocycles. The van der Waals surface area contributed by atoms with E-state index in [0.29, 0.717) is 4.22 Å². The van der Waals surface area contributed by atoms with Crippen molar-refractivity contribution in [2.24, 2.45) is 0 Å². The Kier molecular flexibility index (Phi) is 9.60. The average Bonchev–Trinajstić information content (AvgIpc) is 3.13. The number of carbonyl (C=O) groups is 1. The van der Waals surface area contributed by atoms with Gasteiger partial charge in [-0.2, -0.15) is 0 Å². The van der Waals surface area contributed by atoms with E-state index in [1.165, 1.54) is 16.7 Å². The quantitative estimate of drug-likeness (QED) is 0.538. The molecule has 1 unspecified atom stereocenters. The van der Waals surface area contributed by atoms with Crippen LogP contribution in [-0.2, 0) is 16.8 Å². The van der Waals surface area contributed by atoms with Crippen molar-refractivity contribution in [3.63, 3.8) is 0 Å². The molecule has 1 atom stereocenters. The fourth-order valence-corrected chi connectivity index (χ4v) is 6.94. The minimum atomic E-state index is -2.52. The molecule has 2 nitrogen and oxygen atoms in total. The third-order valence-corrected chi connectivity index (χ3v) is 9.40. The molecule has 1 N–H and O–H groups in total. The van der Waals surface area contributed by atoms with Gasteiger partial charge in [-0.15, -0.1) is 0 Å². The van der Waals surface area contributed by atoms with Crippen LogP contribution in [-0.4, -0.2) is 16.9 Å². The number of nitrogens with one attached hydrogen (secondary N) is 1. The van der Waals surface area contributed by atoms with Crippen molar-refractivity contribution in [1.82, 2.24) is 3.80 Å². The van der Waals surface area contributed by atoms with Crippen LogP contribution in [0.25, 0.3) is 6.08 Å². The summed E-state index contributed by atoms with van der Waals surface area (Å²) in [6.07, 6.45) is 8.30. The zero-order chi connectivity index (χ0) is 19.9. The topological polar surface area (TPSA) is 29.1 Å². The first kappa shape index (κ1) is 24.1.